The molecule has 3 N–H and O–H groups in total. The number of aliphatic hydroxyl groups excluding tert-OH is 1. The van der Waals surface area contributed by atoms with E-state index in [0.29, 0.717) is 12.8 Å². The molecule has 0 aromatic heterocycles. The predicted octanol–water partition coefficient (Wildman–Crippen LogP) is 8.87. The fourth-order valence-corrected chi connectivity index (χ4v) is 4.71. The zero-order valence-corrected chi connectivity index (χ0v) is 25.0. The first-order chi connectivity index (χ1) is 17.7. The average molecular weight is 549 g/mol. The molecular weight excluding hydrogens is 488 g/mol. The molecule has 0 saturated carbocycles. The third-order valence-corrected chi connectivity index (χ3v) is 7.29. The Bertz CT molecular complexity index is 603. The summed E-state index contributed by atoms with van der Waals surface area (Å²) in [5.74, 6) is -0.769. The van der Waals surface area contributed by atoms with E-state index in [1.54, 1.807) is 0 Å². The number of aliphatic hydroxyl groups is 1. The molecule has 0 spiro atoms. The third kappa shape index (κ3) is 39.7. The van der Waals surface area contributed by atoms with Crippen LogP contribution in [0.1, 0.15) is 162 Å². The molecule has 222 valence electrons. The van der Waals surface area contributed by atoms with Gasteiger partial charge >= 0.3 is 5.97 Å². The molecule has 0 heterocycles. The van der Waals surface area contributed by atoms with Crippen LogP contribution in [0.3, 0.4) is 0 Å². The molecule has 37 heavy (non-hydrogen) atoms. The average Bonchev–Trinajstić information content (AvgIpc) is 2.84. The summed E-state index contributed by atoms with van der Waals surface area (Å²) in [4.78, 5) is 10.3. The molecule has 0 aliphatic rings. The van der Waals surface area contributed by atoms with Crippen molar-refractivity contribution >= 4 is 16.1 Å². The van der Waals surface area contributed by atoms with Crippen LogP contribution in [0.4, 0.5) is 0 Å². The Morgan fingerprint density at radius 3 is 1.65 bits per heavy atom. The maximum absolute atomic E-state index is 10.4. The Morgan fingerprint density at radius 1 is 0.676 bits per heavy atom. The highest BCUT2D eigenvalue weighted by Gasteiger charge is 2.03. The third-order valence-electron chi connectivity index (χ3n) is 6.48. The monoisotopic (exact) mass is 548 g/mol. The molecule has 0 bridgehead atoms. The molecule has 0 aromatic rings. The van der Waals surface area contributed by atoms with Crippen molar-refractivity contribution in [2.75, 3.05) is 5.75 Å². The van der Waals surface area contributed by atoms with Gasteiger partial charge in [0.25, 0.3) is 10.1 Å². The predicted molar refractivity (Wildman–Crippen MR) is 157 cm³/mol. The number of allylic oxidation sites excluding steroid dienone is 1. The lowest BCUT2D eigenvalue weighted by Gasteiger charge is -2.07. The minimum absolute atomic E-state index is 0.0799. The molecule has 0 saturated heterocycles. The number of hydrogen-bond donors (Lipinski definition) is 3. The first kappa shape index (κ1) is 38.2. The second kappa shape index (κ2) is 29.6. The van der Waals surface area contributed by atoms with Crippen molar-refractivity contribution in [3.05, 3.63) is 12.2 Å². The fraction of sp³-hybridized carbons (Fsp3) is 0.900. The van der Waals surface area contributed by atoms with Crippen LogP contribution in [-0.2, 0) is 14.9 Å². The van der Waals surface area contributed by atoms with Crippen LogP contribution in [0.15, 0.2) is 12.2 Å². The molecule has 0 rings (SSSR count). The van der Waals surface area contributed by atoms with Gasteiger partial charge in [-0.25, -0.2) is 0 Å². The van der Waals surface area contributed by atoms with Crippen molar-refractivity contribution in [1.82, 2.24) is 0 Å². The molecule has 1 unspecified atom stereocenters. The standard InChI is InChI=1S/C18H34O3.C12H26O3S/c1-2-3-4-11-14-17(19)15-12-9-7-5-6-8-10-13-16-18(20)21;1-2-3-4-5-6-7-8-9-10-11-12-16(13,14)15/h9,12,17,19H,2-8,10-11,13-16H2,1H3,(H,20,21);2-12H2,1H3,(H,13,14,15)/b12-9-;. The molecule has 0 aliphatic carbocycles. The summed E-state index contributed by atoms with van der Waals surface area (Å²) in [5.41, 5.74) is 0. The molecular formula is C30H60O6S. The van der Waals surface area contributed by atoms with Crippen molar-refractivity contribution in [3.63, 3.8) is 0 Å². The lowest BCUT2D eigenvalue weighted by Crippen LogP contribution is -2.04. The van der Waals surface area contributed by atoms with Gasteiger partial charge < -0.3 is 10.2 Å². The van der Waals surface area contributed by atoms with Gasteiger partial charge in [0.1, 0.15) is 0 Å². The van der Waals surface area contributed by atoms with Crippen molar-refractivity contribution in [3.8, 4) is 0 Å². The van der Waals surface area contributed by atoms with E-state index in [0.717, 1.165) is 64.2 Å². The van der Waals surface area contributed by atoms with Crippen molar-refractivity contribution in [2.45, 2.75) is 168 Å². The van der Waals surface area contributed by atoms with Crippen LogP contribution in [0.5, 0.6) is 0 Å². The van der Waals surface area contributed by atoms with Crippen LogP contribution >= 0.6 is 0 Å². The zero-order valence-electron chi connectivity index (χ0n) is 24.2. The number of hydrogen-bond acceptors (Lipinski definition) is 4. The zero-order chi connectivity index (χ0) is 28.0. The number of aliphatic carboxylic acids is 1. The normalized spacial score (nSPS) is 12.4. The topological polar surface area (TPSA) is 112 Å². The Morgan fingerprint density at radius 2 is 1.14 bits per heavy atom. The van der Waals surface area contributed by atoms with Crippen LogP contribution in [0, 0.1) is 0 Å². The Kier molecular flexibility index (Phi) is 30.6. The summed E-state index contributed by atoms with van der Waals surface area (Å²) in [6, 6.07) is 0. The van der Waals surface area contributed by atoms with E-state index in [1.165, 1.54) is 70.6 Å². The summed E-state index contributed by atoms with van der Waals surface area (Å²) in [6.45, 7) is 4.42. The van der Waals surface area contributed by atoms with Crippen LogP contribution in [-0.4, -0.2) is 41.0 Å². The number of carbonyl (C=O) groups is 1. The largest absolute Gasteiger partial charge is 0.481 e. The van der Waals surface area contributed by atoms with Gasteiger partial charge in [-0.3, -0.25) is 9.35 Å². The first-order valence-corrected chi connectivity index (χ1v) is 16.8. The van der Waals surface area contributed by atoms with Gasteiger partial charge in [0.15, 0.2) is 0 Å². The van der Waals surface area contributed by atoms with E-state index in [9.17, 15) is 18.3 Å². The van der Waals surface area contributed by atoms with E-state index >= 15 is 0 Å². The minimum Gasteiger partial charge on any atom is -0.481 e. The smallest absolute Gasteiger partial charge is 0.303 e. The van der Waals surface area contributed by atoms with Gasteiger partial charge in [-0.2, -0.15) is 8.42 Å². The van der Waals surface area contributed by atoms with Crippen molar-refractivity contribution in [1.29, 1.82) is 0 Å². The molecule has 0 fully saturated rings. The summed E-state index contributed by atoms with van der Waals surface area (Å²) in [6.07, 6.45) is 29.0. The molecule has 0 radical (unpaired) electrons. The molecule has 0 aliphatic heterocycles. The van der Waals surface area contributed by atoms with E-state index < -0.39 is 16.1 Å². The highest BCUT2D eigenvalue weighted by molar-refractivity contribution is 7.85. The highest BCUT2D eigenvalue weighted by Crippen LogP contribution is 2.12. The molecule has 7 heteroatoms. The lowest BCUT2D eigenvalue weighted by atomic mass is 10.1. The summed E-state index contributed by atoms with van der Waals surface area (Å²) in [5, 5.41) is 18.3. The second-order valence-corrected chi connectivity index (χ2v) is 12.0. The van der Waals surface area contributed by atoms with Gasteiger partial charge in [-0.15, -0.1) is 0 Å². The fourth-order valence-electron chi connectivity index (χ4n) is 4.14. The minimum atomic E-state index is -3.73. The van der Waals surface area contributed by atoms with Gasteiger partial charge in [0.05, 0.1) is 11.9 Å². The summed E-state index contributed by atoms with van der Waals surface area (Å²) < 4.78 is 29.4. The lowest BCUT2D eigenvalue weighted by molar-refractivity contribution is -0.137. The van der Waals surface area contributed by atoms with Crippen LogP contribution < -0.4 is 0 Å². The Hall–Kier alpha value is -0.920. The van der Waals surface area contributed by atoms with Crippen molar-refractivity contribution < 1.29 is 28.0 Å². The van der Waals surface area contributed by atoms with E-state index in [1.807, 2.05) is 0 Å². The number of rotatable bonds is 26. The Labute approximate surface area is 229 Å². The van der Waals surface area contributed by atoms with E-state index in [4.69, 9.17) is 9.66 Å². The van der Waals surface area contributed by atoms with Crippen LogP contribution in [0.2, 0.25) is 0 Å². The first-order valence-electron chi connectivity index (χ1n) is 15.2. The second-order valence-electron chi connectivity index (χ2n) is 10.4. The summed E-state index contributed by atoms with van der Waals surface area (Å²) in [7, 11) is -3.73. The van der Waals surface area contributed by atoms with E-state index in [2.05, 4.69) is 26.0 Å². The number of carboxylic acid groups (broad SMARTS) is 1. The summed E-state index contributed by atoms with van der Waals surface area (Å²) >= 11 is 0. The molecule has 0 aromatic carbocycles. The van der Waals surface area contributed by atoms with Gasteiger partial charge in [0.2, 0.25) is 0 Å². The van der Waals surface area contributed by atoms with Gasteiger partial charge in [0, 0.05) is 6.42 Å². The Balaban J connectivity index is 0. The quantitative estimate of drug-likeness (QED) is 0.0565. The number of carboxylic acids is 1. The maximum Gasteiger partial charge on any atom is 0.303 e. The highest BCUT2D eigenvalue weighted by atomic mass is 32.2. The van der Waals surface area contributed by atoms with Crippen LogP contribution in [0.25, 0.3) is 0 Å². The molecule has 1 atom stereocenters. The van der Waals surface area contributed by atoms with Crippen molar-refractivity contribution in [2.24, 2.45) is 0 Å². The number of unbranched alkanes of at least 4 members (excludes halogenated alkanes) is 17. The maximum atomic E-state index is 10.4. The van der Waals surface area contributed by atoms with E-state index in [-0.39, 0.29) is 11.9 Å². The van der Waals surface area contributed by atoms with Gasteiger partial charge in [-0.05, 0) is 38.5 Å². The SMILES string of the molecule is CCCCCCC(O)C/C=C\CCCCCCCC(=O)O.CCCCCCCCCCCCS(=O)(=O)O. The van der Waals surface area contributed by atoms with Gasteiger partial charge in [-0.1, -0.05) is 129 Å². The molecule has 0 amide bonds. The molecule has 6 nitrogen and oxygen atoms in total.